The van der Waals surface area contributed by atoms with E-state index in [-0.39, 0.29) is 4.34 Å². The van der Waals surface area contributed by atoms with Gasteiger partial charge in [-0.25, -0.2) is 18.5 Å². The number of nitrogens with zero attached hydrogens (tertiary/aromatic N) is 1. The van der Waals surface area contributed by atoms with Crippen LogP contribution in [0.15, 0.2) is 17.1 Å². The van der Waals surface area contributed by atoms with Crippen molar-refractivity contribution in [1.29, 1.82) is 0 Å². The van der Waals surface area contributed by atoms with Crippen molar-refractivity contribution in [2.45, 2.75) is 4.34 Å². The summed E-state index contributed by atoms with van der Waals surface area (Å²) >= 11 is 0.998. The van der Waals surface area contributed by atoms with Gasteiger partial charge in [-0.1, -0.05) is 12.7 Å². The minimum atomic E-state index is -3.63. The summed E-state index contributed by atoms with van der Waals surface area (Å²) in [5.41, 5.74) is 0. The van der Waals surface area contributed by atoms with Gasteiger partial charge >= 0.3 is 0 Å². The summed E-state index contributed by atoms with van der Waals surface area (Å²) in [6.07, 6.45) is 2.93. The highest BCUT2D eigenvalue weighted by Gasteiger charge is 2.11. The summed E-state index contributed by atoms with van der Waals surface area (Å²) in [5.74, 6) is 0. The molecule has 6 heteroatoms. The third kappa shape index (κ3) is 1.86. The van der Waals surface area contributed by atoms with Crippen LogP contribution in [-0.4, -0.2) is 13.4 Å². The normalized spacial score (nSPS) is 11.4. The molecule has 0 aromatic carbocycles. The lowest BCUT2D eigenvalue weighted by Crippen LogP contribution is -2.11. The molecule has 0 aliphatic heterocycles. The van der Waals surface area contributed by atoms with E-state index >= 15 is 0 Å². The molecule has 1 heterocycles. The van der Waals surface area contributed by atoms with E-state index in [1.807, 2.05) is 0 Å². The Morgan fingerprint density at radius 2 is 2.36 bits per heavy atom. The Balaban J connectivity index is 3.18. The van der Waals surface area contributed by atoms with E-state index in [1.165, 1.54) is 12.3 Å². The first-order valence-corrected chi connectivity index (χ1v) is 5.01. The van der Waals surface area contributed by atoms with Crippen LogP contribution >= 0.6 is 11.3 Å². The molecule has 0 aliphatic rings. The maximum atomic E-state index is 10.7. The molecule has 0 fully saturated rings. The fourth-order valence-corrected chi connectivity index (χ4v) is 1.94. The highest BCUT2D eigenvalue weighted by Crippen LogP contribution is 2.16. The summed E-state index contributed by atoms with van der Waals surface area (Å²) in [7, 11) is -3.63. The van der Waals surface area contributed by atoms with Crippen molar-refractivity contribution in [1.82, 2.24) is 4.98 Å². The third-order valence-corrected chi connectivity index (χ3v) is 3.27. The zero-order valence-electron chi connectivity index (χ0n) is 5.52. The number of thiazole rings is 1. The number of primary sulfonamides is 1. The van der Waals surface area contributed by atoms with Crippen LogP contribution in [0, 0.1) is 0 Å². The van der Waals surface area contributed by atoms with Crippen LogP contribution in [0.1, 0.15) is 4.88 Å². The van der Waals surface area contributed by atoms with Crippen molar-refractivity contribution in [3.8, 4) is 0 Å². The quantitative estimate of drug-likeness (QED) is 0.735. The summed E-state index contributed by atoms with van der Waals surface area (Å²) in [6.45, 7) is 3.46. The number of hydrogen-bond donors (Lipinski definition) is 1. The van der Waals surface area contributed by atoms with Gasteiger partial charge in [-0.15, -0.1) is 11.3 Å². The smallest absolute Gasteiger partial charge is 0.232 e. The molecule has 0 amide bonds. The molecule has 11 heavy (non-hydrogen) atoms. The molecule has 0 spiro atoms. The SMILES string of the molecule is C=Cc1cnc(S(N)(=O)=O)s1. The van der Waals surface area contributed by atoms with E-state index in [1.54, 1.807) is 0 Å². The van der Waals surface area contributed by atoms with E-state index in [2.05, 4.69) is 11.6 Å². The molecular weight excluding hydrogens is 184 g/mol. The summed E-state index contributed by atoms with van der Waals surface area (Å²) in [6, 6.07) is 0. The standard InChI is InChI=1S/C5H6N2O2S2/c1-2-4-3-7-5(10-4)11(6,8)9/h2-3H,1H2,(H2,6,8,9). The minimum absolute atomic E-state index is 0.0765. The van der Waals surface area contributed by atoms with Crippen molar-refractivity contribution in [3.05, 3.63) is 17.7 Å². The van der Waals surface area contributed by atoms with Gasteiger partial charge < -0.3 is 0 Å². The van der Waals surface area contributed by atoms with Crippen molar-refractivity contribution in [2.24, 2.45) is 5.14 Å². The summed E-state index contributed by atoms with van der Waals surface area (Å²) in [4.78, 5) is 4.28. The molecule has 0 atom stereocenters. The number of hydrogen-bond acceptors (Lipinski definition) is 4. The van der Waals surface area contributed by atoms with E-state index in [0.29, 0.717) is 4.88 Å². The number of aromatic nitrogens is 1. The fraction of sp³-hybridized carbons (Fsp3) is 0. The van der Waals surface area contributed by atoms with E-state index in [9.17, 15) is 8.42 Å². The zero-order valence-corrected chi connectivity index (χ0v) is 7.15. The van der Waals surface area contributed by atoms with E-state index in [0.717, 1.165) is 11.3 Å². The summed E-state index contributed by atoms with van der Waals surface area (Å²) in [5, 5.41) is 4.81. The maximum Gasteiger partial charge on any atom is 0.265 e. The van der Waals surface area contributed by atoms with Gasteiger partial charge in [0.25, 0.3) is 10.0 Å². The first-order chi connectivity index (χ1) is 5.04. The molecular formula is C5H6N2O2S2. The topological polar surface area (TPSA) is 73.0 Å². The van der Waals surface area contributed by atoms with Crippen molar-refractivity contribution >= 4 is 27.4 Å². The van der Waals surface area contributed by atoms with Crippen LogP contribution in [0.4, 0.5) is 0 Å². The fourth-order valence-electron chi connectivity index (χ4n) is 0.496. The average molecular weight is 190 g/mol. The van der Waals surface area contributed by atoms with Gasteiger partial charge in [0.15, 0.2) is 0 Å². The van der Waals surface area contributed by atoms with Gasteiger partial charge in [-0.2, -0.15) is 0 Å². The van der Waals surface area contributed by atoms with Crippen LogP contribution < -0.4 is 5.14 Å². The first kappa shape index (κ1) is 8.38. The van der Waals surface area contributed by atoms with Crippen LogP contribution in [0.5, 0.6) is 0 Å². The molecule has 2 N–H and O–H groups in total. The van der Waals surface area contributed by atoms with Crippen LogP contribution in [0.25, 0.3) is 6.08 Å². The minimum Gasteiger partial charge on any atom is -0.232 e. The Kier molecular flexibility index (Phi) is 2.08. The first-order valence-electron chi connectivity index (χ1n) is 2.65. The largest absolute Gasteiger partial charge is 0.265 e. The Labute approximate surface area is 68.4 Å². The highest BCUT2D eigenvalue weighted by atomic mass is 32.2. The van der Waals surface area contributed by atoms with E-state index in [4.69, 9.17) is 5.14 Å². The lowest BCUT2D eigenvalue weighted by molar-refractivity contribution is 0.597. The molecule has 0 radical (unpaired) electrons. The average Bonchev–Trinajstić information content (AvgIpc) is 2.32. The van der Waals surface area contributed by atoms with Crippen molar-refractivity contribution in [3.63, 3.8) is 0 Å². The van der Waals surface area contributed by atoms with Gasteiger partial charge in [-0.3, -0.25) is 0 Å². The van der Waals surface area contributed by atoms with Crippen LogP contribution in [-0.2, 0) is 10.0 Å². The number of nitrogens with two attached hydrogens (primary N) is 1. The summed E-state index contributed by atoms with van der Waals surface area (Å²) < 4.78 is 21.2. The van der Waals surface area contributed by atoms with Gasteiger partial charge in [0.2, 0.25) is 4.34 Å². The van der Waals surface area contributed by atoms with Gasteiger partial charge in [-0.05, 0) is 0 Å². The number of rotatable bonds is 2. The number of sulfonamides is 1. The predicted molar refractivity (Wildman–Crippen MR) is 43.6 cm³/mol. The van der Waals surface area contributed by atoms with Crippen molar-refractivity contribution < 1.29 is 8.42 Å². The molecule has 0 saturated heterocycles. The molecule has 0 saturated carbocycles. The highest BCUT2D eigenvalue weighted by molar-refractivity contribution is 7.91. The molecule has 1 aromatic rings. The molecule has 0 bridgehead atoms. The monoisotopic (exact) mass is 190 g/mol. The van der Waals surface area contributed by atoms with Gasteiger partial charge in [0, 0.05) is 11.1 Å². The molecule has 1 aromatic heterocycles. The molecule has 0 unspecified atom stereocenters. The Morgan fingerprint density at radius 3 is 2.64 bits per heavy atom. The Bertz CT molecular complexity index is 366. The van der Waals surface area contributed by atoms with Gasteiger partial charge in [0.1, 0.15) is 0 Å². The van der Waals surface area contributed by atoms with Gasteiger partial charge in [0.05, 0.1) is 0 Å². The second-order valence-electron chi connectivity index (χ2n) is 1.78. The Morgan fingerprint density at radius 1 is 1.73 bits per heavy atom. The zero-order chi connectivity index (χ0) is 8.48. The molecule has 0 aliphatic carbocycles. The van der Waals surface area contributed by atoms with Crippen LogP contribution in [0.2, 0.25) is 0 Å². The predicted octanol–water partition coefficient (Wildman–Crippen LogP) is 0.434. The second kappa shape index (κ2) is 2.72. The molecule has 60 valence electrons. The maximum absolute atomic E-state index is 10.7. The van der Waals surface area contributed by atoms with E-state index < -0.39 is 10.0 Å². The Hall–Kier alpha value is -0.720. The lowest BCUT2D eigenvalue weighted by atomic mass is 10.6. The third-order valence-electron chi connectivity index (χ3n) is 0.947. The second-order valence-corrected chi connectivity index (χ2v) is 4.58. The molecule has 4 nitrogen and oxygen atoms in total. The van der Waals surface area contributed by atoms with Crippen molar-refractivity contribution in [2.75, 3.05) is 0 Å². The van der Waals surface area contributed by atoms with Crippen LogP contribution in [0.3, 0.4) is 0 Å². The lowest BCUT2D eigenvalue weighted by Gasteiger charge is -1.85. The molecule has 1 rings (SSSR count).